The molecule has 4 heteroatoms. The fraction of sp³-hybridized carbons (Fsp3) is 0.118. The normalized spacial score (nSPS) is 10.8. The highest BCUT2D eigenvalue weighted by atomic mass is 32.2. The van der Waals surface area contributed by atoms with E-state index in [4.69, 9.17) is 0 Å². The Morgan fingerprint density at radius 1 is 1.14 bits per heavy atom. The summed E-state index contributed by atoms with van der Waals surface area (Å²) in [5, 5.41) is 0. The van der Waals surface area contributed by atoms with Crippen LogP contribution in [0.1, 0.15) is 11.1 Å². The van der Waals surface area contributed by atoms with Gasteiger partial charge in [-0.15, -0.1) is 0 Å². The molecule has 0 saturated carbocycles. The maximum absolute atomic E-state index is 12.9. The SMILES string of the molecule is C=C(N=CN(C)Sc1ccc(C)cc1)c1ccc(F)cc1. The molecule has 108 valence electrons. The van der Waals surface area contributed by atoms with Crippen LogP contribution in [0, 0.1) is 12.7 Å². The van der Waals surface area contributed by atoms with E-state index in [1.165, 1.54) is 17.7 Å². The largest absolute Gasteiger partial charge is 0.306 e. The van der Waals surface area contributed by atoms with Crippen molar-refractivity contribution in [3.8, 4) is 0 Å². The third kappa shape index (κ3) is 4.76. The first-order valence-corrected chi connectivity index (χ1v) is 7.28. The van der Waals surface area contributed by atoms with Gasteiger partial charge in [-0.3, -0.25) is 0 Å². The van der Waals surface area contributed by atoms with E-state index < -0.39 is 0 Å². The summed E-state index contributed by atoms with van der Waals surface area (Å²) in [6.45, 7) is 5.95. The van der Waals surface area contributed by atoms with Gasteiger partial charge in [-0.05, 0) is 60.8 Å². The molecule has 0 aliphatic carbocycles. The van der Waals surface area contributed by atoms with E-state index in [1.54, 1.807) is 30.4 Å². The molecule has 0 N–H and O–H groups in total. The van der Waals surface area contributed by atoms with Gasteiger partial charge in [-0.25, -0.2) is 9.38 Å². The second-order valence-corrected chi connectivity index (χ2v) is 5.88. The van der Waals surface area contributed by atoms with Crippen LogP contribution >= 0.6 is 11.9 Å². The number of benzene rings is 2. The van der Waals surface area contributed by atoms with Crippen molar-refractivity contribution >= 4 is 24.0 Å². The maximum Gasteiger partial charge on any atom is 0.123 e. The Morgan fingerprint density at radius 2 is 1.76 bits per heavy atom. The summed E-state index contributed by atoms with van der Waals surface area (Å²) in [4.78, 5) is 5.44. The molecule has 0 aromatic heterocycles. The van der Waals surface area contributed by atoms with Crippen LogP contribution < -0.4 is 0 Å². The molecule has 0 amide bonds. The number of rotatable bonds is 5. The average molecular weight is 300 g/mol. The Labute approximate surface area is 129 Å². The second-order valence-electron chi connectivity index (χ2n) is 4.65. The van der Waals surface area contributed by atoms with E-state index in [0.717, 1.165) is 10.5 Å². The minimum atomic E-state index is -0.262. The standard InChI is InChI=1S/C17H17FN2S/c1-13-4-10-17(11-5-13)21-20(3)12-19-14(2)15-6-8-16(18)9-7-15/h4-12H,2H2,1,3H3. The van der Waals surface area contributed by atoms with Crippen LogP contribution in [0.4, 0.5) is 4.39 Å². The second kappa shape index (κ2) is 7.09. The summed E-state index contributed by atoms with van der Waals surface area (Å²) < 4.78 is 14.8. The van der Waals surface area contributed by atoms with Crippen LogP contribution in [0.25, 0.3) is 5.70 Å². The third-order valence-electron chi connectivity index (χ3n) is 2.82. The summed E-state index contributed by atoms with van der Waals surface area (Å²) in [6, 6.07) is 14.4. The van der Waals surface area contributed by atoms with Crippen molar-refractivity contribution in [2.24, 2.45) is 4.99 Å². The van der Waals surface area contributed by atoms with Gasteiger partial charge in [0.1, 0.15) is 12.2 Å². The predicted molar refractivity (Wildman–Crippen MR) is 88.7 cm³/mol. The molecule has 21 heavy (non-hydrogen) atoms. The molecular weight excluding hydrogens is 283 g/mol. The van der Waals surface area contributed by atoms with E-state index in [1.807, 2.05) is 11.4 Å². The van der Waals surface area contributed by atoms with Crippen molar-refractivity contribution in [1.82, 2.24) is 4.31 Å². The average Bonchev–Trinajstić information content (AvgIpc) is 2.48. The summed E-state index contributed by atoms with van der Waals surface area (Å²) >= 11 is 1.57. The van der Waals surface area contributed by atoms with Crippen LogP contribution in [0.2, 0.25) is 0 Å². The Balaban J connectivity index is 1.95. The Bertz CT molecular complexity index is 633. The lowest BCUT2D eigenvalue weighted by atomic mass is 10.2. The number of aryl methyl sites for hydroxylation is 1. The highest BCUT2D eigenvalue weighted by Gasteiger charge is 2.00. The zero-order valence-electron chi connectivity index (χ0n) is 12.1. The van der Waals surface area contributed by atoms with Crippen molar-refractivity contribution in [2.45, 2.75) is 11.8 Å². The number of nitrogens with zero attached hydrogens (tertiary/aromatic N) is 2. The van der Waals surface area contributed by atoms with E-state index in [9.17, 15) is 4.39 Å². The number of halogens is 1. The van der Waals surface area contributed by atoms with Gasteiger partial charge in [0.2, 0.25) is 0 Å². The van der Waals surface area contributed by atoms with E-state index in [0.29, 0.717) is 5.70 Å². The monoisotopic (exact) mass is 300 g/mol. The molecule has 2 nitrogen and oxygen atoms in total. The molecule has 0 unspecified atom stereocenters. The molecule has 0 fully saturated rings. The van der Waals surface area contributed by atoms with Gasteiger partial charge in [-0.1, -0.05) is 24.3 Å². The lowest BCUT2D eigenvalue weighted by Crippen LogP contribution is -2.05. The fourth-order valence-electron chi connectivity index (χ4n) is 1.66. The van der Waals surface area contributed by atoms with Crippen LogP contribution in [0.15, 0.2) is 65.0 Å². The molecule has 0 saturated heterocycles. The first-order valence-electron chi connectivity index (χ1n) is 6.51. The quantitative estimate of drug-likeness (QED) is 0.449. The summed E-state index contributed by atoms with van der Waals surface area (Å²) in [6.07, 6.45) is 1.70. The van der Waals surface area contributed by atoms with Gasteiger partial charge in [0.25, 0.3) is 0 Å². The first-order chi connectivity index (χ1) is 10.0. The predicted octanol–water partition coefficient (Wildman–Crippen LogP) is 4.77. The highest BCUT2D eigenvalue weighted by molar-refractivity contribution is 7.97. The van der Waals surface area contributed by atoms with Crippen LogP contribution in [0.5, 0.6) is 0 Å². The maximum atomic E-state index is 12.9. The third-order valence-corrected chi connectivity index (χ3v) is 3.69. The van der Waals surface area contributed by atoms with Crippen molar-refractivity contribution in [3.63, 3.8) is 0 Å². The lowest BCUT2D eigenvalue weighted by Gasteiger charge is -2.11. The van der Waals surface area contributed by atoms with Crippen molar-refractivity contribution in [3.05, 3.63) is 72.1 Å². The van der Waals surface area contributed by atoms with Gasteiger partial charge in [0.15, 0.2) is 0 Å². The van der Waals surface area contributed by atoms with Crippen LogP contribution in [-0.4, -0.2) is 17.7 Å². The molecule has 2 aromatic rings. The minimum Gasteiger partial charge on any atom is -0.306 e. The van der Waals surface area contributed by atoms with E-state index >= 15 is 0 Å². The van der Waals surface area contributed by atoms with Crippen LogP contribution in [-0.2, 0) is 0 Å². The number of hydrogen-bond acceptors (Lipinski definition) is 2. The van der Waals surface area contributed by atoms with E-state index in [-0.39, 0.29) is 5.82 Å². The molecule has 0 heterocycles. The Kier molecular flexibility index (Phi) is 5.17. The van der Waals surface area contributed by atoms with E-state index in [2.05, 4.69) is 42.8 Å². The molecule has 0 atom stereocenters. The summed E-state index contributed by atoms with van der Waals surface area (Å²) in [7, 11) is 1.92. The molecule has 0 spiro atoms. The minimum absolute atomic E-state index is 0.262. The molecule has 0 aliphatic heterocycles. The molecular formula is C17H17FN2S. The van der Waals surface area contributed by atoms with Crippen molar-refractivity contribution in [2.75, 3.05) is 7.05 Å². The molecule has 0 radical (unpaired) electrons. The van der Waals surface area contributed by atoms with Crippen molar-refractivity contribution in [1.29, 1.82) is 0 Å². The Morgan fingerprint density at radius 3 is 2.38 bits per heavy atom. The van der Waals surface area contributed by atoms with Crippen LogP contribution in [0.3, 0.4) is 0 Å². The zero-order chi connectivity index (χ0) is 15.2. The van der Waals surface area contributed by atoms with Gasteiger partial charge in [0, 0.05) is 11.9 Å². The molecule has 0 aliphatic rings. The molecule has 2 rings (SSSR count). The zero-order valence-corrected chi connectivity index (χ0v) is 12.9. The summed E-state index contributed by atoms with van der Waals surface area (Å²) in [5.41, 5.74) is 2.65. The topological polar surface area (TPSA) is 15.6 Å². The smallest absolute Gasteiger partial charge is 0.123 e. The highest BCUT2D eigenvalue weighted by Crippen LogP contribution is 2.21. The number of aliphatic imine (C=N–C) groups is 1. The first kappa shape index (κ1) is 15.3. The van der Waals surface area contributed by atoms with Crippen molar-refractivity contribution < 1.29 is 4.39 Å². The lowest BCUT2D eigenvalue weighted by molar-refractivity contribution is 0.627. The summed E-state index contributed by atoms with van der Waals surface area (Å²) in [5.74, 6) is -0.262. The van der Waals surface area contributed by atoms with Gasteiger partial charge < -0.3 is 4.31 Å². The van der Waals surface area contributed by atoms with Gasteiger partial charge in [0.05, 0.1) is 5.70 Å². The van der Waals surface area contributed by atoms with Gasteiger partial charge >= 0.3 is 0 Å². The number of hydrogen-bond donors (Lipinski definition) is 0. The fourth-order valence-corrected chi connectivity index (χ4v) is 2.34. The molecule has 0 bridgehead atoms. The van der Waals surface area contributed by atoms with Gasteiger partial charge in [-0.2, -0.15) is 0 Å². The molecule has 2 aromatic carbocycles. The Hall–Kier alpha value is -2.07.